The first-order chi connectivity index (χ1) is 13.9. The fourth-order valence-corrected chi connectivity index (χ4v) is 5.82. The van der Waals surface area contributed by atoms with Gasteiger partial charge in [0.2, 0.25) is 0 Å². The van der Waals surface area contributed by atoms with Crippen LogP contribution in [0.5, 0.6) is 0 Å². The molecule has 7 nitrogen and oxygen atoms in total. The zero-order valence-corrected chi connectivity index (χ0v) is 16.7. The Kier molecular flexibility index (Phi) is 5.58. The van der Waals surface area contributed by atoms with Gasteiger partial charge in [-0.15, -0.1) is 0 Å². The van der Waals surface area contributed by atoms with E-state index in [0.717, 1.165) is 24.8 Å². The summed E-state index contributed by atoms with van der Waals surface area (Å²) in [6.45, 7) is -0.0382. The summed E-state index contributed by atoms with van der Waals surface area (Å²) in [5.74, 6) is 0.873. The van der Waals surface area contributed by atoms with Crippen LogP contribution in [0, 0.1) is 17.8 Å². The number of rotatable bonds is 6. The summed E-state index contributed by atoms with van der Waals surface area (Å²) in [6, 6.07) is 6.28. The van der Waals surface area contributed by atoms with Crippen molar-refractivity contribution in [3.8, 4) is 0 Å². The van der Waals surface area contributed by atoms with Gasteiger partial charge in [0.1, 0.15) is 0 Å². The van der Waals surface area contributed by atoms with E-state index in [-0.39, 0.29) is 5.54 Å². The van der Waals surface area contributed by atoms with Crippen LogP contribution in [0.4, 0.5) is 4.79 Å². The van der Waals surface area contributed by atoms with Gasteiger partial charge in [-0.25, -0.2) is 9.59 Å². The Morgan fingerprint density at radius 2 is 1.59 bits per heavy atom. The number of ether oxygens (including phenoxy) is 2. The molecule has 0 radical (unpaired) electrons. The third-order valence-corrected chi connectivity index (χ3v) is 6.50. The molecule has 0 atom stereocenters. The van der Waals surface area contributed by atoms with Crippen LogP contribution in [0.15, 0.2) is 24.3 Å². The molecule has 0 heterocycles. The van der Waals surface area contributed by atoms with E-state index in [1.54, 1.807) is 31.4 Å². The van der Waals surface area contributed by atoms with Crippen LogP contribution >= 0.6 is 0 Å². The fraction of sp³-hybridized carbons (Fsp3) is 0.591. The quantitative estimate of drug-likeness (QED) is 0.716. The van der Waals surface area contributed by atoms with Gasteiger partial charge in [0, 0.05) is 12.6 Å². The maximum absolute atomic E-state index is 12.4. The molecule has 4 fully saturated rings. The number of hydrogen-bond acceptors (Lipinski definition) is 5. The van der Waals surface area contributed by atoms with Gasteiger partial charge in [-0.2, -0.15) is 0 Å². The van der Waals surface area contributed by atoms with E-state index in [1.165, 1.54) is 19.3 Å². The monoisotopic (exact) mass is 400 g/mol. The van der Waals surface area contributed by atoms with Gasteiger partial charge in [-0.3, -0.25) is 10.1 Å². The average molecular weight is 400 g/mol. The summed E-state index contributed by atoms with van der Waals surface area (Å²) in [5, 5.41) is 5.37. The molecule has 29 heavy (non-hydrogen) atoms. The minimum atomic E-state index is -0.628. The molecule has 0 aromatic heterocycles. The third-order valence-electron chi connectivity index (χ3n) is 6.50. The highest BCUT2D eigenvalue weighted by Crippen LogP contribution is 2.55. The molecule has 7 heteroatoms. The van der Waals surface area contributed by atoms with Crippen molar-refractivity contribution >= 4 is 17.9 Å². The minimum Gasteiger partial charge on any atom is -0.452 e. The summed E-state index contributed by atoms with van der Waals surface area (Å²) in [6.07, 6.45) is 6.87. The first-order valence-electron chi connectivity index (χ1n) is 10.3. The van der Waals surface area contributed by atoms with Crippen molar-refractivity contribution in [2.24, 2.45) is 17.8 Å². The number of benzene rings is 1. The van der Waals surface area contributed by atoms with Crippen molar-refractivity contribution < 1.29 is 23.9 Å². The van der Waals surface area contributed by atoms with Gasteiger partial charge in [-0.05, 0) is 74.0 Å². The Balaban J connectivity index is 1.23. The molecular weight excluding hydrogens is 372 g/mol. The highest BCUT2D eigenvalue weighted by atomic mass is 16.5. The van der Waals surface area contributed by atoms with Gasteiger partial charge < -0.3 is 14.8 Å². The normalized spacial score (nSPS) is 29.3. The predicted molar refractivity (Wildman–Crippen MR) is 105 cm³/mol. The van der Waals surface area contributed by atoms with E-state index in [9.17, 15) is 14.4 Å². The van der Waals surface area contributed by atoms with Crippen molar-refractivity contribution in [1.29, 1.82) is 0 Å². The van der Waals surface area contributed by atoms with Crippen LogP contribution in [0.3, 0.4) is 0 Å². The second kappa shape index (κ2) is 8.14. The Morgan fingerprint density at radius 1 is 1.00 bits per heavy atom. The van der Waals surface area contributed by atoms with E-state index >= 15 is 0 Å². The van der Waals surface area contributed by atoms with E-state index in [0.29, 0.717) is 29.9 Å². The van der Waals surface area contributed by atoms with Gasteiger partial charge in [-0.1, -0.05) is 12.1 Å². The predicted octanol–water partition coefficient (Wildman–Crippen LogP) is 2.78. The summed E-state index contributed by atoms with van der Waals surface area (Å²) >= 11 is 0. The molecule has 4 aliphatic rings. The van der Waals surface area contributed by atoms with E-state index in [1.807, 2.05) is 0 Å². The SMILES string of the molecule is COCc1ccc(C(=O)OCC(=O)NC(=O)NC23CC4CC(CC(C4)C2)C3)cc1. The molecule has 1 aromatic rings. The standard InChI is InChI=1S/C22H28N2O5/c1-28-12-14-2-4-18(5-3-14)20(26)29-13-19(25)23-21(27)24-22-9-15-6-16(10-22)8-17(7-15)11-22/h2-5,15-17H,6-13H2,1H3,(H2,23,24,25,27). The highest BCUT2D eigenvalue weighted by molar-refractivity contribution is 5.97. The highest BCUT2D eigenvalue weighted by Gasteiger charge is 2.51. The van der Waals surface area contributed by atoms with Crippen molar-refractivity contribution in [1.82, 2.24) is 10.6 Å². The van der Waals surface area contributed by atoms with E-state index < -0.39 is 24.5 Å². The molecule has 4 aliphatic carbocycles. The number of amides is 3. The van der Waals surface area contributed by atoms with Crippen molar-refractivity contribution in [3.63, 3.8) is 0 Å². The number of esters is 1. The molecular formula is C22H28N2O5. The van der Waals surface area contributed by atoms with Gasteiger partial charge >= 0.3 is 12.0 Å². The molecule has 5 rings (SSSR count). The number of methoxy groups -OCH3 is 1. The second-order valence-electron chi connectivity index (χ2n) is 8.91. The Morgan fingerprint density at radius 3 is 2.14 bits per heavy atom. The van der Waals surface area contributed by atoms with Crippen LogP contribution < -0.4 is 10.6 Å². The van der Waals surface area contributed by atoms with E-state index in [2.05, 4.69) is 10.6 Å². The fourth-order valence-electron chi connectivity index (χ4n) is 5.82. The van der Waals surface area contributed by atoms with Crippen molar-refractivity contribution in [2.45, 2.75) is 50.7 Å². The molecule has 2 N–H and O–H groups in total. The van der Waals surface area contributed by atoms with Crippen LogP contribution in [0.25, 0.3) is 0 Å². The Labute approximate surface area is 170 Å². The summed E-state index contributed by atoms with van der Waals surface area (Å²) in [7, 11) is 1.60. The Bertz CT molecular complexity index is 754. The maximum Gasteiger partial charge on any atom is 0.338 e. The van der Waals surface area contributed by atoms with Crippen LogP contribution in [0.1, 0.15) is 54.4 Å². The molecule has 4 saturated carbocycles. The number of nitrogens with one attached hydrogen (secondary N) is 2. The lowest BCUT2D eigenvalue weighted by atomic mass is 9.53. The van der Waals surface area contributed by atoms with Crippen molar-refractivity contribution in [2.75, 3.05) is 13.7 Å². The number of imide groups is 1. The third kappa shape index (κ3) is 4.61. The first kappa shape index (κ1) is 19.9. The van der Waals surface area contributed by atoms with Crippen LogP contribution in [-0.4, -0.2) is 37.2 Å². The lowest BCUT2D eigenvalue weighted by Crippen LogP contribution is -2.62. The smallest absolute Gasteiger partial charge is 0.338 e. The Hall–Kier alpha value is -2.41. The molecule has 4 bridgehead atoms. The minimum absolute atomic E-state index is 0.167. The molecule has 156 valence electrons. The zero-order valence-electron chi connectivity index (χ0n) is 16.7. The summed E-state index contributed by atoms with van der Waals surface area (Å²) < 4.78 is 10.0. The van der Waals surface area contributed by atoms with Gasteiger partial charge in [0.05, 0.1) is 12.2 Å². The summed E-state index contributed by atoms with van der Waals surface area (Å²) in [4.78, 5) is 36.5. The van der Waals surface area contributed by atoms with Gasteiger partial charge in [0.25, 0.3) is 5.91 Å². The van der Waals surface area contributed by atoms with Gasteiger partial charge in [0.15, 0.2) is 6.61 Å². The maximum atomic E-state index is 12.4. The largest absolute Gasteiger partial charge is 0.452 e. The lowest BCUT2D eigenvalue weighted by Gasteiger charge is -2.56. The van der Waals surface area contributed by atoms with Crippen LogP contribution in [0.2, 0.25) is 0 Å². The van der Waals surface area contributed by atoms with E-state index in [4.69, 9.17) is 9.47 Å². The molecule has 3 amide bonds. The summed E-state index contributed by atoms with van der Waals surface area (Å²) in [5.41, 5.74) is 1.11. The topological polar surface area (TPSA) is 93.7 Å². The molecule has 1 aromatic carbocycles. The second-order valence-corrected chi connectivity index (χ2v) is 8.91. The molecule has 0 spiro atoms. The number of carbonyl (C=O) groups is 3. The van der Waals surface area contributed by atoms with Crippen LogP contribution in [-0.2, 0) is 20.9 Å². The number of urea groups is 1. The zero-order chi connectivity index (χ0) is 20.4. The average Bonchev–Trinajstić information content (AvgIpc) is 2.65. The molecule has 0 unspecified atom stereocenters. The van der Waals surface area contributed by atoms with Crippen molar-refractivity contribution in [3.05, 3.63) is 35.4 Å². The first-order valence-corrected chi connectivity index (χ1v) is 10.3. The number of carbonyl (C=O) groups excluding carboxylic acids is 3. The lowest BCUT2D eigenvalue weighted by molar-refractivity contribution is -0.123. The molecule has 0 aliphatic heterocycles. The number of hydrogen-bond donors (Lipinski definition) is 2. The molecule has 0 saturated heterocycles.